The van der Waals surface area contributed by atoms with Gasteiger partial charge in [-0.25, -0.2) is 0 Å². The molecule has 1 aliphatic carbocycles. The lowest BCUT2D eigenvalue weighted by molar-refractivity contribution is 0.666. The van der Waals surface area contributed by atoms with Crippen molar-refractivity contribution in [3.63, 3.8) is 0 Å². The van der Waals surface area contributed by atoms with Gasteiger partial charge in [0.15, 0.2) is 0 Å². The molecule has 0 unspecified atom stereocenters. The van der Waals surface area contributed by atoms with Crippen LogP contribution in [0.4, 0.5) is 0 Å². The summed E-state index contributed by atoms with van der Waals surface area (Å²) in [6, 6.07) is 29.2. The van der Waals surface area contributed by atoms with Crippen molar-refractivity contribution in [1.82, 2.24) is 9.97 Å². The van der Waals surface area contributed by atoms with Crippen LogP contribution in [0.3, 0.4) is 0 Å². The molecule has 160 valence electrons. The third kappa shape index (κ3) is 2.09. The highest BCUT2D eigenvalue weighted by atomic mass is 14.7. The van der Waals surface area contributed by atoms with Gasteiger partial charge in [0.25, 0.3) is 0 Å². The van der Waals surface area contributed by atoms with Crippen molar-refractivity contribution in [3.8, 4) is 11.1 Å². The number of nitrogens with zero attached hydrogens (tertiary/aromatic N) is 1. The molecule has 1 aliphatic rings. The maximum atomic E-state index is 4.38. The predicted octanol–water partition coefficient (Wildman–Crippen LogP) is 8.48. The van der Waals surface area contributed by atoms with E-state index in [4.69, 9.17) is 0 Å². The van der Waals surface area contributed by atoms with Crippen molar-refractivity contribution >= 4 is 54.1 Å². The SMILES string of the molecule is CC1(C)c2cc3c4ccccc4c4ccccc4c3cc2-c2ccc3c([nH]c4ccncc43)c21. The largest absolute Gasteiger partial charge is 0.354 e. The van der Waals surface area contributed by atoms with Gasteiger partial charge < -0.3 is 4.98 Å². The molecular formula is C32H22N2. The molecule has 7 aromatic rings. The number of rotatable bonds is 0. The molecular weight excluding hydrogens is 412 g/mol. The lowest BCUT2D eigenvalue weighted by Gasteiger charge is -2.23. The van der Waals surface area contributed by atoms with E-state index in [1.54, 1.807) is 0 Å². The van der Waals surface area contributed by atoms with Crippen LogP contribution in [0.2, 0.25) is 0 Å². The summed E-state index contributed by atoms with van der Waals surface area (Å²) in [6.07, 6.45) is 3.84. The summed E-state index contributed by atoms with van der Waals surface area (Å²) in [5.41, 5.74) is 7.75. The standard InChI is InChI=1S/C32H22N2/c1-32(2)28-16-25-21-10-6-4-8-19(21)18-7-3-5-9-20(18)24(25)15-26(28)22-11-12-23-27-17-33-14-13-29(27)34-31(23)30(22)32/h3-17,34H,1-2H3. The molecule has 1 N–H and O–H groups in total. The molecule has 0 aliphatic heterocycles. The Labute approximate surface area is 196 Å². The molecule has 8 rings (SSSR count). The molecule has 0 atom stereocenters. The van der Waals surface area contributed by atoms with Crippen LogP contribution in [0, 0.1) is 0 Å². The van der Waals surface area contributed by atoms with Crippen LogP contribution in [-0.2, 0) is 5.41 Å². The van der Waals surface area contributed by atoms with Crippen LogP contribution in [-0.4, -0.2) is 9.97 Å². The van der Waals surface area contributed by atoms with E-state index in [1.165, 1.54) is 70.9 Å². The number of nitrogens with one attached hydrogen (secondary N) is 1. The summed E-state index contributed by atoms with van der Waals surface area (Å²) in [5, 5.41) is 10.4. The molecule has 0 amide bonds. The Kier molecular flexibility index (Phi) is 3.24. The number of fused-ring (bicyclic) bond motifs is 13. The van der Waals surface area contributed by atoms with Gasteiger partial charge in [-0.3, -0.25) is 4.98 Å². The van der Waals surface area contributed by atoms with E-state index >= 15 is 0 Å². The van der Waals surface area contributed by atoms with Crippen LogP contribution in [0.15, 0.2) is 91.3 Å². The second kappa shape index (κ2) is 6.03. The number of hydrogen-bond acceptors (Lipinski definition) is 1. The summed E-state index contributed by atoms with van der Waals surface area (Å²) in [4.78, 5) is 8.11. The van der Waals surface area contributed by atoms with Crippen LogP contribution in [0.1, 0.15) is 25.0 Å². The highest BCUT2D eigenvalue weighted by Gasteiger charge is 2.38. The second-order valence-corrected chi connectivity index (χ2v) is 10.1. The summed E-state index contributed by atoms with van der Waals surface area (Å²) in [5.74, 6) is 0. The smallest absolute Gasteiger partial charge is 0.0513 e. The van der Waals surface area contributed by atoms with E-state index in [0.29, 0.717) is 0 Å². The zero-order valence-corrected chi connectivity index (χ0v) is 19.1. The summed E-state index contributed by atoms with van der Waals surface area (Å²) < 4.78 is 0. The van der Waals surface area contributed by atoms with E-state index in [1.807, 2.05) is 12.4 Å². The van der Waals surface area contributed by atoms with Gasteiger partial charge in [-0.05, 0) is 72.8 Å². The van der Waals surface area contributed by atoms with Crippen molar-refractivity contribution in [1.29, 1.82) is 0 Å². The Bertz CT molecular complexity index is 1990. The normalized spacial score (nSPS) is 14.4. The van der Waals surface area contributed by atoms with Gasteiger partial charge in [-0.2, -0.15) is 0 Å². The fourth-order valence-electron chi connectivity index (χ4n) is 6.51. The average molecular weight is 435 g/mol. The van der Waals surface area contributed by atoms with Gasteiger partial charge in [0.2, 0.25) is 0 Å². The lowest BCUT2D eigenvalue weighted by Crippen LogP contribution is -2.15. The highest BCUT2D eigenvalue weighted by molar-refractivity contribution is 6.26. The number of aromatic nitrogens is 2. The Morgan fingerprint density at radius 2 is 1.26 bits per heavy atom. The fourth-order valence-corrected chi connectivity index (χ4v) is 6.51. The topological polar surface area (TPSA) is 28.7 Å². The molecule has 2 heteroatoms. The molecule has 2 nitrogen and oxygen atoms in total. The quantitative estimate of drug-likeness (QED) is 0.238. The maximum absolute atomic E-state index is 4.38. The third-order valence-electron chi connectivity index (χ3n) is 8.05. The molecule has 5 aromatic carbocycles. The van der Waals surface area contributed by atoms with Crippen molar-refractivity contribution in [2.75, 3.05) is 0 Å². The second-order valence-electron chi connectivity index (χ2n) is 10.1. The molecule has 0 saturated heterocycles. The molecule has 2 heterocycles. The number of aromatic amines is 1. The first-order valence-electron chi connectivity index (χ1n) is 11.9. The molecule has 0 fully saturated rings. The average Bonchev–Trinajstić information content (AvgIpc) is 3.36. The van der Waals surface area contributed by atoms with Gasteiger partial charge in [0.05, 0.1) is 5.52 Å². The zero-order valence-electron chi connectivity index (χ0n) is 19.1. The predicted molar refractivity (Wildman–Crippen MR) is 144 cm³/mol. The van der Waals surface area contributed by atoms with E-state index in [2.05, 4.69) is 103 Å². The van der Waals surface area contributed by atoms with Crippen molar-refractivity contribution in [3.05, 3.63) is 102 Å². The van der Waals surface area contributed by atoms with Crippen molar-refractivity contribution < 1.29 is 0 Å². The minimum atomic E-state index is -0.112. The zero-order chi connectivity index (χ0) is 22.6. The summed E-state index contributed by atoms with van der Waals surface area (Å²) in [6.45, 7) is 4.74. The molecule has 34 heavy (non-hydrogen) atoms. The van der Waals surface area contributed by atoms with E-state index < -0.39 is 0 Å². The first-order chi connectivity index (χ1) is 16.6. The van der Waals surface area contributed by atoms with Gasteiger partial charge in [-0.15, -0.1) is 0 Å². The maximum Gasteiger partial charge on any atom is 0.0513 e. The Hall–Kier alpha value is -4.17. The molecule has 0 radical (unpaired) electrons. The molecule has 0 saturated carbocycles. The Balaban J connectivity index is 1.56. The van der Waals surface area contributed by atoms with E-state index in [9.17, 15) is 0 Å². The summed E-state index contributed by atoms with van der Waals surface area (Å²) >= 11 is 0. The highest BCUT2D eigenvalue weighted by Crippen LogP contribution is 2.53. The Morgan fingerprint density at radius 3 is 1.97 bits per heavy atom. The fraction of sp³-hybridized carbons (Fsp3) is 0.0938. The van der Waals surface area contributed by atoms with Crippen LogP contribution in [0.25, 0.3) is 65.3 Å². The minimum Gasteiger partial charge on any atom is -0.354 e. The van der Waals surface area contributed by atoms with Gasteiger partial charge in [0.1, 0.15) is 0 Å². The van der Waals surface area contributed by atoms with Crippen molar-refractivity contribution in [2.45, 2.75) is 19.3 Å². The minimum absolute atomic E-state index is 0.112. The van der Waals surface area contributed by atoms with Gasteiger partial charge in [-0.1, -0.05) is 74.5 Å². The Morgan fingerprint density at radius 1 is 0.618 bits per heavy atom. The molecule has 0 spiro atoms. The van der Waals surface area contributed by atoms with Crippen LogP contribution >= 0.6 is 0 Å². The third-order valence-corrected chi connectivity index (χ3v) is 8.05. The van der Waals surface area contributed by atoms with Crippen LogP contribution < -0.4 is 0 Å². The first-order valence-corrected chi connectivity index (χ1v) is 11.9. The summed E-state index contributed by atoms with van der Waals surface area (Å²) in [7, 11) is 0. The monoisotopic (exact) mass is 434 g/mol. The number of pyridine rings is 1. The van der Waals surface area contributed by atoms with Gasteiger partial charge >= 0.3 is 0 Å². The van der Waals surface area contributed by atoms with Gasteiger partial charge in [0, 0.05) is 34.1 Å². The van der Waals surface area contributed by atoms with Crippen LogP contribution in [0.5, 0.6) is 0 Å². The van der Waals surface area contributed by atoms with Crippen molar-refractivity contribution in [2.24, 2.45) is 0 Å². The number of H-pyrrole nitrogens is 1. The molecule has 0 bridgehead atoms. The number of benzene rings is 5. The van der Waals surface area contributed by atoms with E-state index in [0.717, 1.165) is 5.52 Å². The first kappa shape index (κ1) is 18.3. The van der Waals surface area contributed by atoms with E-state index in [-0.39, 0.29) is 5.41 Å². The molecule has 2 aromatic heterocycles. The number of hydrogen-bond donors (Lipinski definition) is 1. The lowest BCUT2D eigenvalue weighted by atomic mass is 9.80.